The summed E-state index contributed by atoms with van der Waals surface area (Å²) in [7, 11) is 0. The molecule has 0 atom stereocenters. The summed E-state index contributed by atoms with van der Waals surface area (Å²) in [6.07, 6.45) is 1.25. The molecule has 0 aliphatic rings. The average molecular weight is 318 g/mol. The van der Waals surface area contributed by atoms with E-state index in [-0.39, 0.29) is 5.91 Å². The molecule has 1 heterocycles. The van der Waals surface area contributed by atoms with Crippen LogP contribution in [-0.4, -0.2) is 21.0 Å². The number of amides is 1. The van der Waals surface area contributed by atoms with E-state index in [1.54, 1.807) is 36.0 Å². The molecule has 1 aromatic heterocycles. The number of benzene rings is 1. The summed E-state index contributed by atoms with van der Waals surface area (Å²) in [4.78, 5) is 16.0. The first-order chi connectivity index (χ1) is 10.2. The molecule has 0 saturated carbocycles. The van der Waals surface area contributed by atoms with Gasteiger partial charge in [-0.25, -0.2) is 4.98 Å². The third kappa shape index (κ3) is 5.17. The van der Waals surface area contributed by atoms with Crippen LogP contribution in [0.25, 0.3) is 0 Å². The van der Waals surface area contributed by atoms with Gasteiger partial charge < -0.3 is 5.32 Å². The van der Waals surface area contributed by atoms with Gasteiger partial charge in [0.25, 0.3) is 0 Å². The van der Waals surface area contributed by atoms with E-state index < -0.39 is 0 Å². The number of nitrogens with one attached hydrogen (secondary N) is 1. The van der Waals surface area contributed by atoms with Crippen LogP contribution in [0.3, 0.4) is 0 Å². The highest BCUT2D eigenvalue weighted by Gasteiger charge is 2.04. The molecule has 0 aliphatic carbocycles. The molecule has 0 bridgehead atoms. The van der Waals surface area contributed by atoms with Gasteiger partial charge in [0.05, 0.1) is 11.6 Å². The summed E-state index contributed by atoms with van der Waals surface area (Å²) in [5, 5.41) is 11.5. The predicted octanol–water partition coefficient (Wildman–Crippen LogP) is 3.23. The predicted molar refractivity (Wildman–Crippen MR) is 84.4 cm³/mol. The molecule has 108 valence electrons. The second-order valence-electron chi connectivity index (χ2n) is 4.30. The van der Waals surface area contributed by atoms with Crippen LogP contribution in [0.2, 0.25) is 0 Å². The number of hydrogen-bond acceptors (Lipinski definition) is 6. The number of anilines is 1. The molecule has 0 saturated heterocycles. The molecule has 0 fully saturated rings. The Balaban J connectivity index is 1.68. The van der Waals surface area contributed by atoms with E-state index in [0.717, 1.165) is 22.3 Å². The van der Waals surface area contributed by atoms with E-state index in [0.29, 0.717) is 17.7 Å². The van der Waals surface area contributed by atoms with Gasteiger partial charge in [-0.05, 0) is 49.1 Å². The van der Waals surface area contributed by atoms with Gasteiger partial charge in [-0.15, -0.1) is 0 Å². The third-order valence-electron chi connectivity index (χ3n) is 2.58. The molecule has 0 radical (unpaired) electrons. The van der Waals surface area contributed by atoms with Crippen molar-refractivity contribution >= 4 is 34.9 Å². The quantitative estimate of drug-likeness (QED) is 0.653. The maximum atomic E-state index is 11.8. The van der Waals surface area contributed by atoms with E-state index in [1.807, 2.05) is 13.0 Å². The molecule has 21 heavy (non-hydrogen) atoms. The Kier molecular flexibility index (Phi) is 5.72. The van der Waals surface area contributed by atoms with Crippen molar-refractivity contribution < 1.29 is 4.79 Å². The van der Waals surface area contributed by atoms with Gasteiger partial charge in [0.15, 0.2) is 4.34 Å². The van der Waals surface area contributed by atoms with Crippen LogP contribution < -0.4 is 5.32 Å². The Morgan fingerprint density at radius 2 is 2.19 bits per heavy atom. The van der Waals surface area contributed by atoms with Crippen LogP contribution in [0.1, 0.15) is 24.2 Å². The van der Waals surface area contributed by atoms with Gasteiger partial charge in [0.1, 0.15) is 5.82 Å². The molecule has 1 amide bonds. The molecular weight excluding hydrogens is 304 g/mol. The fourth-order valence-corrected chi connectivity index (χ4v) is 3.24. The molecule has 0 aliphatic heterocycles. The summed E-state index contributed by atoms with van der Waals surface area (Å²) >= 11 is 3.01. The van der Waals surface area contributed by atoms with Crippen molar-refractivity contribution in [2.75, 3.05) is 11.1 Å². The molecule has 2 rings (SSSR count). The van der Waals surface area contributed by atoms with E-state index in [1.165, 1.54) is 11.5 Å². The first-order valence-corrected chi connectivity index (χ1v) is 8.16. The maximum Gasteiger partial charge on any atom is 0.224 e. The molecule has 1 N–H and O–H groups in total. The second-order valence-corrected chi connectivity index (χ2v) is 6.39. The van der Waals surface area contributed by atoms with Crippen molar-refractivity contribution in [3.8, 4) is 6.07 Å². The third-order valence-corrected chi connectivity index (χ3v) is 4.59. The van der Waals surface area contributed by atoms with E-state index in [2.05, 4.69) is 14.7 Å². The number of aryl methyl sites for hydroxylation is 1. The maximum absolute atomic E-state index is 11.8. The second kappa shape index (κ2) is 7.76. The van der Waals surface area contributed by atoms with Crippen LogP contribution in [0.15, 0.2) is 28.6 Å². The SMILES string of the molecule is Cc1nsc(SCCCC(=O)Nc2ccc(C#N)cc2)n1. The molecule has 7 heteroatoms. The number of aromatic nitrogens is 2. The van der Waals surface area contributed by atoms with Crippen LogP contribution in [0, 0.1) is 18.3 Å². The number of nitriles is 1. The zero-order chi connectivity index (χ0) is 15.1. The highest BCUT2D eigenvalue weighted by Crippen LogP contribution is 2.21. The van der Waals surface area contributed by atoms with Crippen LogP contribution in [0.5, 0.6) is 0 Å². The minimum Gasteiger partial charge on any atom is -0.326 e. The molecule has 1 aromatic carbocycles. The monoisotopic (exact) mass is 318 g/mol. The average Bonchev–Trinajstić information content (AvgIpc) is 2.90. The van der Waals surface area contributed by atoms with Crippen LogP contribution in [-0.2, 0) is 4.79 Å². The molecule has 2 aromatic rings. The Labute approximate surface area is 131 Å². The summed E-state index contributed by atoms with van der Waals surface area (Å²) in [6.45, 7) is 1.87. The lowest BCUT2D eigenvalue weighted by molar-refractivity contribution is -0.116. The summed E-state index contributed by atoms with van der Waals surface area (Å²) in [5.74, 6) is 1.62. The van der Waals surface area contributed by atoms with Crippen molar-refractivity contribution in [2.24, 2.45) is 0 Å². The fourth-order valence-electron chi connectivity index (χ4n) is 1.58. The molecular formula is C14H14N4OS2. The highest BCUT2D eigenvalue weighted by molar-refractivity contribution is 8.00. The Morgan fingerprint density at radius 3 is 2.81 bits per heavy atom. The lowest BCUT2D eigenvalue weighted by Gasteiger charge is -2.04. The molecule has 0 unspecified atom stereocenters. The van der Waals surface area contributed by atoms with Gasteiger partial charge in [-0.1, -0.05) is 11.8 Å². The number of rotatable bonds is 6. The topological polar surface area (TPSA) is 78.7 Å². The first-order valence-electron chi connectivity index (χ1n) is 6.40. The Bertz CT molecular complexity index is 646. The van der Waals surface area contributed by atoms with E-state index in [9.17, 15) is 4.79 Å². The number of carbonyl (C=O) groups is 1. The van der Waals surface area contributed by atoms with Crippen molar-refractivity contribution in [3.63, 3.8) is 0 Å². The first kappa shape index (κ1) is 15.5. The smallest absolute Gasteiger partial charge is 0.224 e. The van der Waals surface area contributed by atoms with Crippen molar-refractivity contribution in [2.45, 2.75) is 24.1 Å². The standard InChI is InChI=1S/C14H14N4OS2/c1-10-16-14(21-18-10)20-8-2-3-13(19)17-12-6-4-11(9-15)5-7-12/h4-7H,2-3,8H2,1H3,(H,17,19). The molecule has 0 spiro atoms. The van der Waals surface area contributed by atoms with Crippen molar-refractivity contribution in [1.82, 2.24) is 9.36 Å². The lowest BCUT2D eigenvalue weighted by atomic mass is 10.2. The summed E-state index contributed by atoms with van der Waals surface area (Å²) in [6, 6.07) is 8.87. The van der Waals surface area contributed by atoms with Crippen molar-refractivity contribution in [1.29, 1.82) is 5.26 Å². The Hall–Kier alpha value is -1.91. The van der Waals surface area contributed by atoms with Crippen LogP contribution in [0.4, 0.5) is 5.69 Å². The molecule has 5 nitrogen and oxygen atoms in total. The van der Waals surface area contributed by atoms with Gasteiger partial charge in [0, 0.05) is 17.9 Å². The Morgan fingerprint density at radius 1 is 1.43 bits per heavy atom. The largest absolute Gasteiger partial charge is 0.326 e. The minimum atomic E-state index is -0.0197. The van der Waals surface area contributed by atoms with Gasteiger partial charge in [-0.3, -0.25) is 4.79 Å². The number of carbonyl (C=O) groups excluding carboxylic acids is 1. The normalized spacial score (nSPS) is 10.1. The zero-order valence-corrected chi connectivity index (χ0v) is 13.1. The van der Waals surface area contributed by atoms with E-state index in [4.69, 9.17) is 5.26 Å². The summed E-state index contributed by atoms with van der Waals surface area (Å²) < 4.78 is 5.05. The minimum absolute atomic E-state index is 0.0197. The van der Waals surface area contributed by atoms with E-state index >= 15 is 0 Å². The highest BCUT2D eigenvalue weighted by atomic mass is 32.2. The zero-order valence-electron chi connectivity index (χ0n) is 11.5. The number of nitrogens with zero attached hydrogens (tertiary/aromatic N) is 3. The lowest BCUT2D eigenvalue weighted by Crippen LogP contribution is -2.11. The van der Waals surface area contributed by atoms with Gasteiger partial charge in [-0.2, -0.15) is 9.64 Å². The number of thioether (sulfide) groups is 1. The van der Waals surface area contributed by atoms with Crippen molar-refractivity contribution in [3.05, 3.63) is 35.7 Å². The van der Waals surface area contributed by atoms with Crippen LogP contribution >= 0.6 is 23.3 Å². The summed E-state index contributed by atoms with van der Waals surface area (Å²) in [5.41, 5.74) is 1.29. The fraction of sp³-hybridized carbons (Fsp3) is 0.286. The van der Waals surface area contributed by atoms with Gasteiger partial charge >= 0.3 is 0 Å². The van der Waals surface area contributed by atoms with Gasteiger partial charge in [0.2, 0.25) is 5.91 Å². The number of hydrogen-bond donors (Lipinski definition) is 1.